The van der Waals surface area contributed by atoms with E-state index in [2.05, 4.69) is 37.2 Å². The molecular formula is C72H114N12O19. The zero-order valence-electron chi connectivity index (χ0n) is 62.8. The number of primary amides is 1. The van der Waals surface area contributed by atoms with Crippen LogP contribution in [0.3, 0.4) is 0 Å². The number of hydrogen-bond donors (Lipinski definition) is 10. The average Bonchev–Trinajstić information content (AvgIpc) is 1.61. The number of esters is 1. The number of aliphatic hydroxyl groups is 1. The number of nitrogens with two attached hydrogens (primary N) is 2. The first-order chi connectivity index (χ1) is 48.5. The summed E-state index contributed by atoms with van der Waals surface area (Å²) in [6, 6.07) is 6.95. The van der Waals surface area contributed by atoms with E-state index in [1.165, 1.54) is 33.3 Å². The first-order valence-corrected chi connectivity index (χ1v) is 35.5. The third-order valence-corrected chi connectivity index (χ3v) is 19.3. The third-order valence-electron chi connectivity index (χ3n) is 19.3. The number of carbonyl (C=O) groups is 11. The standard InChI is InChI=1S/C72H114N12O19/c1-18-41(8)56(50(97-15)36-52(86)84-35-23-27-49(84)58(98-16)42(9)62(88)76-43(10)57(87)45-24-20-19-21-25-45)82(13)68(93)54(39(4)5)81-66(92)55(40(6)7)83(14)71(96)100-37-44-28-30-46(31-29-44)77-64(90)48(26-22-34-75-70(74)95)78-65(91)53(38(2)3)80-63(89)47(73)32-33-51(85)79-67-60-59(102-72(11,12)103-60)61(101-67)69(94)99-17/h19-21,24-25,28-31,38-43,47-50,53-61,67,87H,18,22-23,26-27,32-37,73H2,1-17H3,(H,76,88)(H,77,90)(H,78,91)(H,79,85)(H,80,89)(H,81,92)(H3,74,75,95)/t41-,42+,43+,47-,48-,49-,50+,53-,54-,55-,56-,57+,58+,59-,60+,61-,67?/m0/s1. The SMILES string of the molecule is CC[C@H](C)[C@@H]([C@@H](CC(=O)N1CCC[C@H]1[C@H](OC)[C@@H](C)C(=O)N[C@H](C)[C@@H](O)c1ccccc1)OC)N(C)C(=O)[C@@H](NC(=O)[C@H](C(C)C)N(C)C(=O)OCc1ccc(NC(=O)[C@H](CCCNC(N)=O)NC(=O)[C@@H](NC(=O)[C@@H](N)CCC(=O)NC2O[C@H](C(=O)OC)[C@H]3OC(C)(C)O[C@@H]23)C(C)C)cc1)C(C)C. The minimum absolute atomic E-state index is 0.0131. The van der Waals surface area contributed by atoms with E-state index < -0.39 is 174 Å². The number of hydrogen-bond acceptors (Lipinski definition) is 20. The summed E-state index contributed by atoms with van der Waals surface area (Å²) in [6.07, 6.45) is -5.64. The molecule has 0 bridgehead atoms. The molecule has 0 radical (unpaired) electrons. The molecule has 3 aliphatic heterocycles. The number of urea groups is 1. The van der Waals surface area contributed by atoms with Gasteiger partial charge in [0.1, 0.15) is 43.0 Å². The Bertz CT molecular complexity index is 3180. The number of nitrogens with zero attached hydrogens (tertiary/aromatic N) is 3. The van der Waals surface area contributed by atoms with Crippen LogP contribution in [0.5, 0.6) is 0 Å². The highest BCUT2D eigenvalue weighted by molar-refractivity contribution is 5.99. The molecule has 2 aromatic carbocycles. The van der Waals surface area contributed by atoms with E-state index in [1.807, 2.05) is 32.0 Å². The largest absolute Gasteiger partial charge is 0.467 e. The van der Waals surface area contributed by atoms with Crippen LogP contribution in [-0.2, 0) is 82.9 Å². The summed E-state index contributed by atoms with van der Waals surface area (Å²) in [6.45, 7) is 21.4. The van der Waals surface area contributed by atoms with Gasteiger partial charge >= 0.3 is 18.1 Å². The molecule has 1 unspecified atom stereocenters. The Morgan fingerprint density at radius 1 is 0.738 bits per heavy atom. The summed E-state index contributed by atoms with van der Waals surface area (Å²) in [4.78, 5) is 154. The summed E-state index contributed by atoms with van der Waals surface area (Å²) in [7, 11) is 7.24. The van der Waals surface area contributed by atoms with Crippen molar-refractivity contribution in [3.05, 3.63) is 65.7 Å². The second-order valence-electron chi connectivity index (χ2n) is 28.5. The van der Waals surface area contributed by atoms with Crippen molar-refractivity contribution >= 4 is 71.0 Å². The molecule has 31 nitrogen and oxygen atoms in total. The predicted molar refractivity (Wildman–Crippen MR) is 379 cm³/mol. The highest BCUT2D eigenvalue weighted by Gasteiger charge is 2.58. The second-order valence-corrected chi connectivity index (χ2v) is 28.5. The van der Waals surface area contributed by atoms with Gasteiger partial charge in [0.05, 0.1) is 61.9 Å². The number of ether oxygens (including phenoxy) is 7. The summed E-state index contributed by atoms with van der Waals surface area (Å²) < 4.78 is 40.0. The van der Waals surface area contributed by atoms with Crippen LogP contribution in [0.4, 0.5) is 15.3 Å². The van der Waals surface area contributed by atoms with Gasteiger partial charge in [0.15, 0.2) is 18.1 Å². The number of carbonyl (C=O) groups excluding carboxylic acids is 11. The minimum Gasteiger partial charge on any atom is -0.467 e. The number of nitrogens with one attached hydrogen (secondary N) is 7. The lowest BCUT2D eigenvalue weighted by Gasteiger charge is -2.41. The molecule has 3 saturated heterocycles. The molecule has 2 aromatic rings. The van der Waals surface area contributed by atoms with Crippen LogP contribution in [0, 0.1) is 29.6 Å². The molecule has 31 heteroatoms. The van der Waals surface area contributed by atoms with Crippen molar-refractivity contribution < 1.29 is 91.0 Å². The quantitative estimate of drug-likeness (QED) is 0.0341. The van der Waals surface area contributed by atoms with Gasteiger partial charge in [-0.15, -0.1) is 0 Å². The zero-order valence-corrected chi connectivity index (χ0v) is 62.8. The first-order valence-electron chi connectivity index (χ1n) is 35.5. The van der Waals surface area contributed by atoms with Crippen LogP contribution in [0.2, 0.25) is 0 Å². The maximum atomic E-state index is 14.9. The maximum Gasteiger partial charge on any atom is 0.410 e. The van der Waals surface area contributed by atoms with Gasteiger partial charge in [-0.25, -0.2) is 14.4 Å². The number of likely N-dealkylation sites (tertiary alicyclic amines) is 1. The number of benzene rings is 2. The van der Waals surface area contributed by atoms with E-state index in [4.69, 9.17) is 44.6 Å². The lowest BCUT2D eigenvalue weighted by atomic mass is 9.89. The highest BCUT2D eigenvalue weighted by Crippen LogP contribution is 2.39. The first kappa shape index (κ1) is 85.6. The number of amides is 11. The molecule has 0 aromatic heterocycles. The van der Waals surface area contributed by atoms with Crippen LogP contribution in [-0.4, -0.2) is 225 Å². The molecule has 103 heavy (non-hydrogen) atoms. The van der Waals surface area contributed by atoms with Gasteiger partial charge in [-0.2, -0.15) is 0 Å². The van der Waals surface area contributed by atoms with Crippen LogP contribution < -0.4 is 48.7 Å². The molecule has 11 amide bonds. The molecule has 3 fully saturated rings. The zero-order chi connectivity index (χ0) is 76.9. The number of anilines is 1. The van der Waals surface area contributed by atoms with Crippen LogP contribution in [0.25, 0.3) is 0 Å². The number of methoxy groups -OCH3 is 3. The van der Waals surface area contributed by atoms with E-state index in [0.29, 0.717) is 36.9 Å². The second kappa shape index (κ2) is 39.7. The van der Waals surface area contributed by atoms with E-state index in [0.717, 1.165) is 4.90 Å². The molecule has 17 atom stereocenters. The van der Waals surface area contributed by atoms with E-state index in [1.54, 1.807) is 118 Å². The van der Waals surface area contributed by atoms with Crippen LogP contribution >= 0.6 is 0 Å². The third kappa shape index (κ3) is 23.7. The molecule has 3 heterocycles. The minimum atomic E-state index is -1.26. The highest BCUT2D eigenvalue weighted by atomic mass is 16.8. The fourth-order valence-corrected chi connectivity index (χ4v) is 13.4. The van der Waals surface area contributed by atoms with E-state index >= 15 is 0 Å². The van der Waals surface area contributed by atoms with Crippen molar-refractivity contribution in [1.29, 1.82) is 0 Å². The van der Waals surface area contributed by atoms with Crippen molar-refractivity contribution in [2.75, 3.05) is 53.8 Å². The molecule has 0 spiro atoms. The lowest BCUT2D eigenvalue weighted by molar-refractivity contribution is -0.198. The Morgan fingerprint density at radius 3 is 1.95 bits per heavy atom. The van der Waals surface area contributed by atoms with Gasteiger partial charge in [0.25, 0.3) is 0 Å². The van der Waals surface area contributed by atoms with E-state index in [9.17, 15) is 57.8 Å². The maximum absolute atomic E-state index is 14.9. The Labute approximate surface area is 605 Å². The molecule has 12 N–H and O–H groups in total. The van der Waals surface area contributed by atoms with Gasteiger partial charge in [-0.05, 0) is 99.8 Å². The lowest BCUT2D eigenvalue weighted by Crippen LogP contribution is -2.60. The Kier molecular flexibility index (Phi) is 33.0. The van der Waals surface area contributed by atoms with Gasteiger partial charge in [0, 0.05) is 53.5 Å². The Hall–Kier alpha value is -8.07. The van der Waals surface area contributed by atoms with Crippen molar-refractivity contribution in [3.63, 3.8) is 0 Å². The van der Waals surface area contributed by atoms with Crippen LogP contribution in [0.1, 0.15) is 152 Å². The molecule has 576 valence electrons. The number of likely N-dealkylation sites (N-methyl/N-ethyl adjacent to an activating group) is 2. The van der Waals surface area contributed by atoms with Gasteiger partial charge in [-0.3, -0.25) is 43.3 Å². The summed E-state index contributed by atoms with van der Waals surface area (Å²) >= 11 is 0. The summed E-state index contributed by atoms with van der Waals surface area (Å²) in [5.74, 6) is -8.43. The molecule has 3 aliphatic rings. The average molecular weight is 1450 g/mol. The monoisotopic (exact) mass is 1450 g/mol. The van der Waals surface area contributed by atoms with Gasteiger partial charge in [0.2, 0.25) is 47.3 Å². The fraction of sp³-hybridized carbons (Fsp3) is 0.681. The Balaban J connectivity index is 1.17. The summed E-state index contributed by atoms with van der Waals surface area (Å²) in [5, 5.41) is 30.1. The van der Waals surface area contributed by atoms with Crippen molar-refractivity contribution in [1.82, 2.24) is 46.6 Å². The normalized spacial score (nSPS) is 21.1. The van der Waals surface area contributed by atoms with Gasteiger partial charge < -0.3 is 96.7 Å². The predicted octanol–water partition coefficient (Wildman–Crippen LogP) is 3.23. The number of aliphatic hydroxyl groups excluding tert-OH is 1. The fourth-order valence-electron chi connectivity index (χ4n) is 13.4. The van der Waals surface area contributed by atoms with E-state index in [-0.39, 0.29) is 68.7 Å². The van der Waals surface area contributed by atoms with Crippen molar-refractivity contribution in [3.8, 4) is 0 Å². The van der Waals surface area contributed by atoms with Crippen molar-refractivity contribution in [2.45, 2.75) is 238 Å². The molecule has 0 saturated carbocycles. The molecule has 0 aliphatic carbocycles. The summed E-state index contributed by atoms with van der Waals surface area (Å²) in [5.41, 5.74) is 12.9. The molecule has 5 rings (SSSR count). The molecular weight excluding hydrogens is 1340 g/mol. The number of rotatable bonds is 38. The smallest absolute Gasteiger partial charge is 0.410 e. The number of fused-ring (bicyclic) bond motifs is 1. The Morgan fingerprint density at radius 2 is 1.37 bits per heavy atom. The van der Waals surface area contributed by atoms with Crippen molar-refractivity contribution in [2.24, 2.45) is 41.1 Å². The van der Waals surface area contributed by atoms with Gasteiger partial charge in [-0.1, -0.05) is 111 Å². The topological polar surface area (TPSA) is 419 Å². The van der Waals surface area contributed by atoms with Crippen LogP contribution in [0.15, 0.2) is 54.6 Å².